The zero-order valence-corrected chi connectivity index (χ0v) is 14.6. The van der Waals surface area contributed by atoms with Gasteiger partial charge in [0.25, 0.3) is 0 Å². The minimum absolute atomic E-state index is 0.190. The molecule has 1 rings (SSSR count). The van der Waals surface area contributed by atoms with E-state index >= 15 is 0 Å². The van der Waals surface area contributed by atoms with Crippen molar-refractivity contribution in [2.75, 3.05) is 20.1 Å². The predicted molar refractivity (Wildman–Crippen MR) is 88.7 cm³/mol. The van der Waals surface area contributed by atoms with Crippen LogP contribution in [0.2, 0.25) is 0 Å². The molecule has 0 spiro atoms. The van der Waals surface area contributed by atoms with E-state index in [0.29, 0.717) is 18.0 Å². The molecule has 0 radical (unpaired) electrons. The highest BCUT2D eigenvalue weighted by atomic mass is 19.3. The molecule has 1 aromatic rings. The van der Waals surface area contributed by atoms with Crippen molar-refractivity contribution in [3.8, 4) is 0 Å². The van der Waals surface area contributed by atoms with Crippen LogP contribution in [0.25, 0.3) is 0 Å². The highest BCUT2D eigenvalue weighted by Crippen LogP contribution is 2.11. The predicted octanol–water partition coefficient (Wildman–Crippen LogP) is 2.06. The number of rotatable bonds is 8. The first-order valence-electron chi connectivity index (χ1n) is 7.87. The molecule has 1 heterocycles. The Balaban J connectivity index is 2.45. The first-order valence-corrected chi connectivity index (χ1v) is 7.87. The SMILES string of the molecule is CN=C(NCCN(C(C)C)C(C)C)NCc1nccn1C(F)F. The number of nitrogens with zero attached hydrogens (tertiary/aromatic N) is 4. The Bertz CT molecular complexity index is 476. The molecular weight excluding hydrogens is 302 g/mol. The van der Waals surface area contributed by atoms with Crippen molar-refractivity contribution in [1.29, 1.82) is 0 Å². The van der Waals surface area contributed by atoms with E-state index in [1.54, 1.807) is 7.05 Å². The van der Waals surface area contributed by atoms with E-state index in [1.807, 2.05) is 0 Å². The van der Waals surface area contributed by atoms with Crippen LogP contribution >= 0.6 is 0 Å². The molecule has 0 atom stereocenters. The second-order valence-corrected chi connectivity index (χ2v) is 5.81. The number of nitrogens with one attached hydrogen (secondary N) is 2. The van der Waals surface area contributed by atoms with Gasteiger partial charge in [-0.05, 0) is 27.7 Å². The van der Waals surface area contributed by atoms with Crippen LogP contribution < -0.4 is 10.6 Å². The fraction of sp³-hybridized carbons (Fsp3) is 0.733. The van der Waals surface area contributed by atoms with Crippen LogP contribution in [-0.2, 0) is 6.54 Å². The maximum absolute atomic E-state index is 12.8. The first kappa shape index (κ1) is 19.3. The van der Waals surface area contributed by atoms with Gasteiger partial charge in [-0.25, -0.2) is 4.98 Å². The molecule has 0 bridgehead atoms. The third-order valence-electron chi connectivity index (χ3n) is 3.59. The number of halogens is 2. The maximum Gasteiger partial charge on any atom is 0.319 e. The number of hydrogen-bond donors (Lipinski definition) is 2. The second-order valence-electron chi connectivity index (χ2n) is 5.81. The van der Waals surface area contributed by atoms with Gasteiger partial charge in [0.1, 0.15) is 5.82 Å². The van der Waals surface area contributed by atoms with E-state index in [4.69, 9.17) is 0 Å². The standard InChI is InChI=1S/C15H28F2N6/c1-11(2)22(12(3)4)8-7-20-15(18-5)21-10-13-19-6-9-23(13)14(16)17/h6,9,11-12,14H,7-8,10H2,1-5H3,(H2,18,20,21). The first-order chi connectivity index (χ1) is 10.9. The van der Waals surface area contributed by atoms with Gasteiger partial charge in [0.2, 0.25) is 0 Å². The molecule has 0 unspecified atom stereocenters. The Hall–Kier alpha value is -1.70. The number of guanidine groups is 1. The van der Waals surface area contributed by atoms with Gasteiger partial charge in [-0.3, -0.25) is 14.5 Å². The van der Waals surface area contributed by atoms with Gasteiger partial charge < -0.3 is 10.6 Å². The van der Waals surface area contributed by atoms with Crippen molar-refractivity contribution in [2.24, 2.45) is 4.99 Å². The molecule has 0 aromatic carbocycles. The van der Waals surface area contributed by atoms with Crippen LogP contribution in [0.15, 0.2) is 17.4 Å². The minimum Gasteiger partial charge on any atom is -0.355 e. The van der Waals surface area contributed by atoms with Crippen LogP contribution in [0.4, 0.5) is 8.78 Å². The quantitative estimate of drug-likeness (QED) is 0.566. The summed E-state index contributed by atoms with van der Waals surface area (Å²) in [5.41, 5.74) is 0. The Kier molecular flexibility index (Phi) is 7.94. The summed E-state index contributed by atoms with van der Waals surface area (Å²) in [6.07, 6.45) is 2.63. The van der Waals surface area contributed by atoms with Crippen LogP contribution in [0, 0.1) is 0 Å². The molecule has 0 amide bonds. The third kappa shape index (κ3) is 6.13. The fourth-order valence-corrected chi connectivity index (χ4v) is 2.46. The lowest BCUT2D eigenvalue weighted by Crippen LogP contribution is -2.45. The summed E-state index contributed by atoms with van der Waals surface area (Å²) in [5, 5.41) is 6.20. The fourth-order valence-electron chi connectivity index (χ4n) is 2.46. The summed E-state index contributed by atoms with van der Waals surface area (Å²) >= 11 is 0. The van der Waals surface area contributed by atoms with Crippen LogP contribution in [0.3, 0.4) is 0 Å². The Labute approximate surface area is 137 Å². The van der Waals surface area contributed by atoms with Gasteiger partial charge in [-0.15, -0.1) is 0 Å². The Morgan fingerprint density at radius 2 is 1.91 bits per heavy atom. The van der Waals surface area contributed by atoms with E-state index in [0.717, 1.165) is 17.7 Å². The highest BCUT2D eigenvalue weighted by Gasteiger charge is 2.13. The third-order valence-corrected chi connectivity index (χ3v) is 3.59. The van der Waals surface area contributed by atoms with Gasteiger partial charge in [0, 0.05) is 44.6 Å². The molecular formula is C15H28F2N6. The molecule has 1 aromatic heterocycles. The molecule has 132 valence electrons. The molecule has 0 aliphatic rings. The van der Waals surface area contributed by atoms with E-state index in [9.17, 15) is 8.78 Å². The number of hydrogen-bond acceptors (Lipinski definition) is 3. The lowest BCUT2D eigenvalue weighted by molar-refractivity contribution is 0.0668. The summed E-state index contributed by atoms with van der Waals surface area (Å²) in [7, 11) is 1.65. The molecule has 23 heavy (non-hydrogen) atoms. The molecule has 8 heteroatoms. The number of aromatic nitrogens is 2. The zero-order chi connectivity index (χ0) is 17.4. The van der Waals surface area contributed by atoms with Gasteiger partial charge in [0.05, 0.1) is 6.54 Å². The summed E-state index contributed by atoms with van der Waals surface area (Å²) in [5.74, 6) is 0.843. The van der Waals surface area contributed by atoms with Gasteiger partial charge in [-0.2, -0.15) is 8.78 Å². The van der Waals surface area contributed by atoms with E-state index < -0.39 is 6.55 Å². The van der Waals surface area contributed by atoms with Gasteiger partial charge >= 0.3 is 6.55 Å². The van der Waals surface area contributed by atoms with Crippen molar-refractivity contribution >= 4 is 5.96 Å². The van der Waals surface area contributed by atoms with Gasteiger partial charge in [0.15, 0.2) is 5.96 Å². The van der Waals surface area contributed by atoms with Crippen molar-refractivity contribution in [1.82, 2.24) is 25.1 Å². The number of imidazole rings is 1. The number of alkyl halides is 2. The highest BCUT2D eigenvalue weighted by molar-refractivity contribution is 5.79. The van der Waals surface area contributed by atoms with Crippen molar-refractivity contribution in [3.63, 3.8) is 0 Å². The molecule has 6 nitrogen and oxygen atoms in total. The minimum atomic E-state index is -2.59. The van der Waals surface area contributed by atoms with Crippen LogP contribution in [0.5, 0.6) is 0 Å². The van der Waals surface area contributed by atoms with E-state index in [-0.39, 0.29) is 12.4 Å². The Morgan fingerprint density at radius 3 is 2.43 bits per heavy atom. The Morgan fingerprint density at radius 1 is 1.26 bits per heavy atom. The lowest BCUT2D eigenvalue weighted by atomic mass is 10.2. The second kappa shape index (κ2) is 9.44. The molecule has 0 saturated carbocycles. The zero-order valence-electron chi connectivity index (χ0n) is 14.6. The van der Waals surface area contributed by atoms with Crippen molar-refractivity contribution in [2.45, 2.75) is 52.9 Å². The number of aliphatic imine (C=N–C) groups is 1. The average Bonchev–Trinajstić information content (AvgIpc) is 2.94. The summed E-state index contributed by atoms with van der Waals surface area (Å²) in [4.78, 5) is 10.4. The van der Waals surface area contributed by atoms with Crippen LogP contribution in [-0.4, -0.2) is 52.6 Å². The smallest absolute Gasteiger partial charge is 0.319 e. The molecule has 0 aliphatic heterocycles. The summed E-state index contributed by atoms with van der Waals surface area (Å²) in [6, 6.07) is 0.926. The van der Waals surface area contributed by atoms with Gasteiger partial charge in [-0.1, -0.05) is 0 Å². The monoisotopic (exact) mass is 330 g/mol. The molecule has 0 aliphatic carbocycles. The average molecular weight is 330 g/mol. The lowest BCUT2D eigenvalue weighted by Gasteiger charge is -2.30. The van der Waals surface area contributed by atoms with Crippen LogP contribution in [0.1, 0.15) is 40.1 Å². The molecule has 0 fully saturated rings. The largest absolute Gasteiger partial charge is 0.355 e. The van der Waals surface area contributed by atoms with E-state index in [1.165, 1.54) is 12.4 Å². The van der Waals surface area contributed by atoms with Crippen molar-refractivity contribution in [3.05, 3.63) is 18.2 Å². The van der Waals surface area contributed by atoms with Crippen molar-refractivity contribution < 1.29 is 8.78 Å². The summed E-state index contributed by atoms with van der Waals surface area (Å²) < 4.78 is 26.3. The normalized spacial score (nSPS) is 12.7. The molecule has 2 N–H and O–H groups in total. The topological polar surface area (TPSA) is 57.5 Å². The van der Waals surface area contributed by atoms with E-state index in [2.05, 4.69) is 53.2 Å². The maximum atomic E-state index is 12.8. The molecule has 0 saturated heterocycles. The summed E-state index contributed by atoms with van der Waals surface area (Å²) in [6.45, 7) is 7.86.